The van der Waals surface area contributed by atoms with E-state index in [9.17, 15) is 4.79 Å². The summed E-state index contributed by atoms with van der Waals surface area (Å²) in [5.41, 5.74) is 3.35. The number of aromatic nitrogens is 1. The van der Waals surface area contributed by atoms with Crippen LogP contribution in [0.5, 0.6) is 0 Å². The predicted octanol–water partition coefficient (Wildman–Crippen LogP) is 6.79. The lowest BCUT2D eigenvalue weighted by atomic mass is 10.0. The molecule has 0 bridgehead atoms. The molecule has 1 aliphatic rings. The van der Waals surface area contributed by atoms with E-state index < -0.39 is 0 Å². The first-order valence-corrected chi connectivity index (χ1v) is 12.6. The lowest BCUT2D eigenvalue weighted by Gasteiger charge is -2.36. The average Bonchev–Trinajstić information content (AvgIpc) is 3.32. The summed E-state index contributed by atoms with van der Waals surface area (Å²) in [5, 5.41) is 2.11. The Balaban J connectivity index is 1.45. The number of fused-ring (bicyclic) bond motifs is 1. The third-order valence-electron chi connectivity index (χ3n) is 6.00. The van der Waals surface area contributed by atoms with E-state index in [1.54, 1.807) is 11.3 Å². The van der Waals surface area contributed by atoms with Gasteiger partial charge in [-0.2, -0.15) is 0 Å². The molecule has 0 aliphatic carbocycles. The molecule has 1 amide bonds. The molecule has 1 aliphatic heterocycles. The van der Waals surface area contributed by atoms with Crippen molar-refractivity contribution in [3.63, 3.8) is 0 Å². The number of amides is 1. The fraction of sp³-hybridized carbons (Fsp3) is 0.231. The van der Waals surface area contributed by atoms with Crippen molar-refractivity contribution >= 4 is 57.0 Å². The number of benzene rings is 2. The second kappa shape index (κ2) is 9.34. The first kappa shape index (κ1) is 22.2. The number of hydrogen-bond acceptors (Lipinski definition) is 4. The Morgan fingerprint density at radius 1 is 0.970 bits per heavy atom. The van der Waals surface area contributed by atoms with Gasteiger partial charge in [-0.15, -0.1) is 11.3 Å². The third kappa shape index (κ3) is 4.58. The maximum absolute atomic E-state index is 13.7. The molecule has 7 heteroatoms. The van der Waals surface area contributed by atoms with Crippen molar-refractivity contribution in [1.29, 1.82) is 0 Å². The van der Waals surface area contributed by atoms with E-state index in [0.29, 0.717) is 23.7 Å². The topological polar surface area (TPSA) is 36.4 Å². The standard InChI is InChI=1S/C26H23Cl2N3OS/c1-2-20-7-9-25(33-20)24-16-22(21-15-18(28)6-8-23(21)29-24)26(32)31-12-10-30(11-13-31)19-5-3-4-17(27)14-19/h3-9,14-16H,2,10-13H2,1H3. The van der Waals surface area contributed by atoms with Crippen molar-refractivity contribution in [2.24, 2.45) is 0 Å². The van der Waals surface area contributed by atoms with E-state index in [-0.39, 0.29) is 5.91 Å². The zero-order valence-electron chi connectivity index (χ0n) is 18.2. The molecular formula is C26H23Cl2N3OS. The summed E-state index contributed by atoms with van der Waals surface area (Å²) in [6.45, 7) is 4.94. The fourth-order valence-electron chi connectivity index (χ4n) is 4.22. The van der Waals surface area contributed by atoms with Gasteiger partial charge in [-0.05, 0) is 61.0 Å². The first-order valence-electron chi connectivity index (χ1n) is 11.0. The van der Waals surface area contributed by atoms with Gasteiger partial charge in [0.2, 0.25) is 0 Å². The summed E-state index contributed by atoms with van der Waals surface area (Å²) in [6, 6.07) is 19.6. The molecule has 4 nitrogen and oxygen atoms in total. The summed E-state index contributed by atoms with van der Waals surface area (Å²) >= 11 is 14.2. The number of pyridine rings is 1. The van der Waals surface area contributed by atoms with Crippen LogP contribution in [0.25, 0.3) is 21.5 Å². The van der Waals surface area contributed by atoms with Crippen LogP contribution >= 0.6 is 34.5 Å². The van der Waals surface area contributed by atoms with Gasteiger partial charge in [0.05, 0.1) is 21.7 Å². The number of anilines is 1. The van der Waals surface area contributed by atoms with Gasteiger partial charge >= 0.3 is 0 Å². The zero-order valence-corrected chi connectivity index (χ0v) is 20.6. The van der Waals surface area contributed by atoms with Crippen LogP contribution in [0.2, 0.25) is 10.0 Å². The Morgan fingerprint density at radius 2 is 1.76 bits per heavy atom. The molecule has 0 atom stereocenters. The van der Waals surface area contributed by atoms with Crippen LogP contribution in [0.3, 0.4) is 0 Å². The SMILES string of the molecule is CCc1ccc(-c2cc(C(=O)N3CCN(c4cccc(Cl)c4)CC3)c3cc(Cl)ccc3n2)s1. The smallest absolute Gasteiger partial charge is 0.254 e. The Morgan fingerprint density at radius 3 is 2.48 bits per heavy atom. The Labute approximate surface area is 207 Å². The quantitative estimate of drug-likeness (QED) is 0.312. The number of halogens is 2. The molecule has 0 saturated carbocycles. The molecule has 5 rings (SSSR count). The molecule has 168 valence electrons. The summed E-state index contributed by atoms with van der Waals surface area (Å²) in [7, 11) is 0. The van der Waals surface area contributed by atoms with Gasteiger partial charge in [0.15, 0.2) is 0 Å². The average molecular weight is 496 g/mol. The second-order valence-electron chi connectivity index (χ2n) is 8.10. The normalized spacial score (nSPS) is 14.2. The van der Waals surface area contributed by atoms with Crippen molar-refractivity contribution in [2.45, 2.75) is 13.3 Å². The van der Waals surface area contributed by atoms with Crippen molar-refractivity contribution in [1.82, 2.24) is 9.88 Å². The van der Waals surface area contributed by atoms with Crippen LogP contribution in [-0.4, -0.2) is 42.0 Å². The molecule has 3 heterocycles. The van der Waals surface area contributed by atoms with Crippen LogP contribution in [0, 0.1) is 0 Å². The van der Waals surface area contributed by atoms with E-state index in [1.807, 2.05) is 47.4 Å². The minimum atomic E-state index is 0.0175. The summed E-state index contributed by atoms with van der Waals surface area (Å²) < 4.78 is 0. The number of carbonyl (C=O) groups excluding carboxylic acids is 1. The highest BCUT2D eigenvalue weighted by Crippen LogP contribution is 2.32. The molecule has 0 radical (unpaired) electrons. The van der Waals surface area contributed by atoms with Gasteiger partial charge in [0.25, 0.3) is 5.91 Å². The van der Waals surface area contributed by atoms with Gasteiger partial charge in [0, 0.05) is 52.2 Å². The number of nitrogens with zero attached hydrogens (tertiary/aromatic N) is 3. The number of thiophene rings is 1. The summed E-state index contributed by atoms with van der Waals surface area (Å²) in [4.78, 5) is 25.1. The number of rotatable bonds is 4. The van der Waals surface area contributed by atoms with E-state index >= 15 is 0 Å². The fourth-order valence-corrected chi connectivity index (χ4v) is 5.48. The van der Waals surface area contributed by atoms with E-state index in [1.165, 1.54) is 4.88 Å². The molecule has 4 aromatic rings. The molecule has 33 heavy (non-hydrogen) atoms. The van der Waals surface area contributed by atoms with E-state index in [0.717, 1.165) is 51.7 Å². The maximum Gasteiger partial charge on any atom is 0.254 e. The van der Waals surface area contributed by atoms with Crippen LogP contribution in [0.15, 0.2) is 60.7 Å². The third-order valence-corrected chi connectivity index (χ3v) is 7.73. The number of piperazine rings is 1. The molecule has 1 fully saturated rings. The molecule has 0 N–H and O–H groups in total. The van der Waals surface area contributed by atoms with Crippen molar-refractivity contribution in [3.8, 4) is 10.6 Å². The molecule has 0 unspecified atom stereocenters. The van der Waals surface area contributed by atoms with Gasteiger partial charge in [-0.25, -0.2) is 4.98 Å². The highest BCUT2D eigenvalue weighted by atomic mass is 35.5. The minimum Gasteiger partial charge on any atom is -0.368 e. The minimum absolute atomic E-state index is 0.0175. The van der Waals surface area contributed by atoms with Gasteiger partial charge < -0.3 is 9.80 Å². The largest absolute Gasteiger partial charge is 0.368 e. The number of hydrogen-bond donors (Lipinski definition) is 0. The molecule has 1 saturated heterocycles. The predicted molar refractivity (Wildman–Crippen MR) is 139 cm³/mol. The lowest BCUT2D eigenvalue weighted by Crippen LogP contribution is -2.48. The number of aryl methyl sites for hydroxylation is 1. The maximum atomic E-state index is 13.7. The number of carbonyl (C=O) groups is 1. The second-order valence-corrected chi connectivity index (χ2v) is 10.1. The molecule has 2 aromatic carbocycles. The van der Waals surface area contributed by atoms with Crippen molar-refractivity contribution < 1.29 is 4.79 Å². The van der Waals surface area contributed by atoms with Gasteiger partial charge in [-0.1, -0.05) is 36.2 Å². The van der Waals surface area contributed by atoms with Crippen molar-refractivity contribution in [3.05, 3.63) is 81.1 Å². The van der Waals surface area contributed by atoms with Crippen LogP contribution in [0.4, 0.5) is 5.69 Å². The van der Waals surface area contributed by atoms with Crippen molar-refractivity contribution in [2.75, 3.05) is 31.1 Å². The molecular weight excluding hydrogens is 473 g/mol. The highest BCUT2D eigenvalue weighted by molar-refractivity contribution is 7.15. The first-order chi connectivity index (χ1) is 16.0. The monoisotopic (exact) mass is 495 g/mol. The Bertz CT molecular complexity index is 1330. The molecule has 0 spiro atoms. The van der Waals surface area contributed by atoms with Gasteiger partial charge in [0.1, 0.15) is 0 Å². The van der Waals surface area contributed by atoms with Crippen LogP contribution < -0.4 is 4.90 Å². The van der Waals surface area contributed by atoms with Crippen LogP contribution in [0.1, 0.15) is 22.2 Å². The lowest BCUT2D eigenvalue weighted by molar-refractivity contribution is 0.0748. The van der Waals surface area contributed by atoms with E-state index in [4.69, 9.17) is 28.2 Å². The summed E-state index contributed by atoms with van der Waals surface area (Å²) in [5.74, 6) is 0.0175. The summed E-state index contributed by atoms with van der Waals surface area (Å²) in [6.07, 6.45) is 0.983. The van der Waals surface area contributed by atoms with Gasteiger partial charge in [-0.3, -0.25) is 4.79 Å². The van der Waals surface area contributed by atoms with E-state index in [2.05, 4.69) is 30.0 Å². The Kier molecular flexibility index (Phi) is 6.28. The highest BCUT2D eigenvalue weighted by Gasteiger charge is 2.25. The Hall–Kier alpha value is -2.60. The molecule has 2 aromatic heterocycles. The zero-order chi connectivity index (χ0) is 22.9. The van der Waals surface area contributed by atoms with Crippen LogP contribution in [-0.2, 0) is 6.42 Å².